The fourth-order valence-electron chi connectivity index (χ4n) is 2.80. The molecular weight excluding hydrogens is 443 g/mol. The van der Waals surface area contributed by atoms with Crippen LogP contribution < -0.4 is 5.32 Å². The number of rotatable bonds is 5. The zero-order chi connectivity index (χ0) is 23.7. The van der Waals surface area contributed by atoms with E-state index in [1.165, 1.54) is 37.1 Å². The van der Waals surface area contributed by atoms with Crippen molar-refractivity contribution >= 4 is 17.2 Å². The van der Waals surface area contributed by atoms with Gasteiger partial charge < -0.3 is 5.32 Å². The number of nitriles is 2. The van der Waals surface area contributed by atoms with Crippen molar-refractivity contribution in [3.05, 3.63) is 58.1 Å². The van der Waals surface area contributed by atoms with Gasteiger partial charge in [0.25, 0.3) is 5.91 Å². The number of halogens is 3. The molecule has 0 aliphatic rings. The molecule has 0 saturated heterocycles. The number of nitrogens with one attached hydrogen (secondary N) is 1. The van der Waals surface area contributed by atoms with Gasteiger partial charge in [0.1, 0.15) is 17.3 Å². The summed E-state index contributed by atoms with van der Waals surface area (Å²) < 4.78 is 41.5. The van der Waals surface area contributed by atoms with Crippen LogP contribution in [0.3, 0.4) is 0 Å². The molecule has 1 N–H and O–H groups in total. The second kappa shape index (κ2) is 8.40. The minimum absolute atomic E-state index is 0.0719. The minimum Gasteiger partial charge on any atom is -0.342 e. The Labute approximate surface area is 185 Å². The highest BCUT2D eigenvalue weighted by Gasteiger charge is 2.34. The van der Waals surface area contributed by atoms with Gasteiger partial charge >= 0.3 is 6.18 Å². The second-order valence-electron chi connectivity index (χ2n) is 7.38. The minimum atomic E-state index is -4.69. The first-order valence-electron chi connectivity index (χ1n) is 9.17. The summed E-state index contributed by atoms with van der Waals surface area (Å²) >= 11 is 1.07. The normalized spacial score (nSPS) is 12.6. The molecule has 164 valence electrons. The first kappa shape index (κ1) is 22.9. The molecule has 8 nitrogen and oxygen atoms in total. The molecule has 3 aromatic rings. The summed E-state index contributed by atoms with van der Waals surface area (Å²) in [5.74, 6) is -0.494. The number of aromatic nitrogens is 4. The van der Waals surface area contributed by atoms with Gasteiger partial charge in [-0.25, -0.2) is 9.97 Å². The molecule has 0 aliphatic carbocycles. The van der Waals surface area contributed by atoms with Gasteiger partial charge in [-0.2, -0.15) is 33.5 Å². The Morgan fingerprint density at radius 3 is 2.47 bits per heavy atom. The zero-order valence-corrected chi connectivity index (χ0v) is 17.9. The molecule has 32 heavy (non-hydrogen) atoms. The molecule has 0 fully saturated rings. The van der Waals surface area contributed by atoms with Gasteiger partial charge in [-0.3, -0.25) is 4.79 Å². The molecule has 1 atom stereocenters. The molecule has 0 saturated carbocycles. The van der Waals surface area contributed by atoms with Gasteiger partial charge in [-0.1, -0.05) is 11.3 Å². The van der Waals surface area contributed by atoms with E-state index in [9.17, 15) is 23.2 Å². The summed E-state index contributed by atoms with van der Waals surface area (Å²) in [6.07, 6.45) is -2.08. The fourth-order valence-corrected chi connectivity index (χ4v) is 3.48. The highest BCUT2D eigenvalue weighted by atomic mass is 32.1. The van der Waals surface area contributed by atoms with Crippen molar-refractivity contribution in [3.8, 4) is 17.3 Å². The van der Waals surface area contributed by atoms with Crippen molar-refractivity contribution < 1.29 is 18.0 Å². The van der Waals surface area contributed by atoms with Crippen LogP contribution in [0.1, 0.15) is 59.0 Å². The summed E-state index contributed by atoms with van der Waals surface area (Å²) in [6.45, 7) is 4.53. The summed E-state index contributed by atoms with van der Waals surface area (Å²) in [5, 5.41) is 25.3. The quantitative estimate of drug-likeness (QED) is 0.618. The highest BCUT2D eigenvalue weighted by molar-refractivity contribution is 7.14. The van der Waals surface area contributed by atoms with E-state index in [2.05, 4.69) is 20.4 Å². The molecule has 2 aromatic heterocycles. The lowest BCUT2D eigenvalue weighted by Gasteiger charge is -2.20. The topological polar surface area (TPSA) is 120 Å². The zero-order valence-electron chi connectivity index (χ0n) is 17.1. The van der Waals surface area contributed by atoms with Gasteiger partial charge in [0, 0.05) is 5.56 Å². The molecule has 0 bridgehead atoms. The summed E-state index contributed by atoms with van der Waals surface area (Å²) in [6, 6.07) is 6.04. The Morgan fingerprint density at radius 2 is 1.88 bits per heavy atom. The van der Waals surface area contributed by atoms with Crippen LogP contribution in [0, 0.1) is 22.7 Å². The van der Waals surface area contributed by atoms with E-state index in [-0.39, 0.29) is 17.0 Å². The van der Waals surface area contributed by atoms with E-state index >= 15 is 0 Å². The largest absolute Gasteiger partial charge is 0.416 e. The van der Waals surface area contributed by atoms with Crippen molar-refractivity contribution in [2.75, 3.05) is 0 Å². The number of carbonyl (C=O) groups is 1. The number of hydrogen-bond acceptors (Lipinski definition) is 7. The van der Waals surface area contributed by atoms with Crippen LogP contribution in [0.4, 0.5) is 13.2 Å². The smallest absolute Gasteiger partial charge is 0.342 e. The Morgan fingerprint density at radius 1 is 1.19 bits per heavy atom. The average molecular weight is 459 g/mol. The molecule has 1 amide bonds. The van der Waals surface area contributed by atoms with E-state index in [1.54, 1.807) is 6.92 Å². The standard InChI is InChI=1S/C20H16F3N7OS/c1-11(16-27-10-28-30(16)18-26-8-15(7-24)32-18)29-17(31)12-4-13(19(2,3)9-25)6-14(5-12)20(21,22)23/h4-6,8,10-11H,1-3H3,(H,29,31). The Bertz CT molecular complexity index is 1250. The van der Waals surface area contributed by atoms with Gasteiger partial charge in [-0.15, -0.1) is 0 Å². The molecule has 1 unspecified atom stereocenters. The molecule has 0 aliphatic heterocycles. The predicted molar refractivity (Wildman–Crippen MR) is 108 cm³/mol. The lowest BCUT2D eigenvalue weighted by Crippen LogP contribution is -2.29. The molecule has 0 radical (unpaired) electrons. The van der Waals surface area contributed by atoms with Crippen molar-refractivity contribution in [1.82, 2.24) is 25.1 Å². The van der Waals surface area contributed by atoms with Crippen LogP contribution >= 0.6 is 11.3 Å². The van der Waals surface area contributed by atoms with E-state index in [4.69, 9.17) is 5.26 Å². The maximum Gasteiger partial charge on any atom is 0.416 e. The van der Waals surface area contributed by atoms with Gasteiger partial charge in [-0.05, 0) is 44.5 Å². The second-order valence-corrected chi connectivity index (χ2v) is 8.39. The number of amides is 1. The SMILES string of the molecule is CC(NC(=O)c1cc(C(F)(F)F)cc(C(C)(C)C#N)c1)c1ncnn1-c1ncc(C#N)s1. The summed E-state index contributed by atoms with van der Waals surface area (Å²) in [4.78, 5) is 21.4. The molecular formula is C20H16F3N7OS. The predicted octanol–water partition coefficient (Wildman–Crippen LogP) is 3.91. The van der Waals surface area contributed by atoms with E-state index < -0.39 is 29.1 Å². The Hall–Kier alpha value is -3.77. The van der Waals surface area contributed by atoms with Crippen molar-refractivity contribution in [1.29, 1.82) is 10.5 Å². The summed E-state index contributed by atoms with van der Waals surface area (Å²) in [5.41, 5.74) is -2.42. The number of thiazole rings is 1. The van der Waals surface area contributed by atoms with Crippen molar-refractivity contribution in [3.63, 3.8) is 0 Å². The molecule has 12 heteroatoms. The molecule has 2 heterocycles. The lowest BCUT2D eigenvalue weighted by atomic mass is 9.84. The summed E-state index contributed by atoms with van der Waals surface area (Å²) in [7, 11) is 0. The number of hydrogen-bond donors (Lipinski definition) is 1. The lowest BCUT2D eigenvalue weighted by molar-refractivity contribution is -0.137. The number of nitrogens with zero attached hydrogens (tertiary/aromatic N) is 6. The Kier molecular flexibility index (Phi) is 6.01. The first-order chi connectivity index (χ1) is 15.0. The molecule has 1 aromatic carbocycles. The average Bonchev–Trinajstić information content (AvgIpc) is 3.41. The van der Waals surface area contributed by atoms with Crippen LogP contribution in [0.5, 0.6) is 0 Å². The van der Waals surface area contributed by atoms with Crippen LogP contribution in [0.25, 0.3) is 5.13 Å². The van der Waals surface area contributed by atoms with Crippen molar-refractivity contribution in [2.24, 2.45) is 0 Å². The maximum absolute atomic E-state index is 13.4. The van der Waals surface area contributed by atoms with Crippen LogP contribution in [-0.2, 0) is 11.6 Å². The van der Waals surface area contributed by atoms with E-state index in [0.29, 0.717) is 10.0 Å². The molecule has 0 spiro atoms. The van der Waals surface area contributed by atoms with Crippen molar-refractivity contribution in [2.45, 2.75) is 38.4 Å². The third-order valence-corrected chi connectivity index (χ3v) is 5.50. The maximum atomic E-state index is 13.4. The van der Waals surface area contributed by atoms with Crippen LogP contribution in [-0.4, -0.2) is 25.7 Å². The highest BCUT2D eigenvalue weighted by Crippen LogP contribution is 2.34. The Balaban J connectivity index is 1.93. The third-order valence-electron chi connectivity index (χ3n) is 4.62. The molecule has 3 rings (SSSR count). The van der Waals surface area contributed by atoms with Gasteiger partial charge in [0.05, 0.1) is 29.3 Å². The van der Waals surface area contributed by atoms with Crippen LogP contribution in [0.15, 0.2) is 30.7 Å². The van der Waals surface area contributed by atoms with Crippen LogP contribution in [0.2, 0.25) is 0 Å². The van der Waals surface area contributed by atoms with E-state index in [0.717, 1.165) is 23.5 Å². The third kappa shape index (κ3) is 4.60. The van der Waals surface area contributed by atoms with E-state index in [1.807, 2.05) is 12.1 Å². The number of carbonyl (C=O) groups excluding carboxylic acids is 1. The fraction of sp³-hybridized carbons (Fsp3) is 0.300. The van der Waals surface area contributed by atoms with Gasteiger partial charge in [0.2, 0.25) is 5.13 Å². The number of alkyl halides is 3. The number of benzene rings is 1. The van der Waals surface area contributed by atoms with Gasteiger partial charge in [0.15, 0.2) is 5.82 Å². The monoisotopic (exact) mass is 459 g/mol. The first-order valence-corrected chi connectivity index (χ1v) is 9.99.